The van der Waals surface area contributed by atoms with Gasteiger partial charge in [-0.05, 0) is 38.1 Å². The van der Waals surface area contributed by atoms with E-state index in [1.54, 1.807) is 6.07 Å². The zero-order chi connectivity index (χ0) is 34.2. The summed E-state index contributed by atoms with van der Waals surface area (Å²) in [6.07, 6.45) is -3.08. The average Bonchev–Trinajstić information content (AvgIpc) is 3.76. The predicted octanol–water partition coefficient (Wildman–Crippen LogP) is 1.46. The number of phosphoric acid groups is 1. The summed E-state index contributed by atoms with van der Waals surface area (Å²) >= 11 is 0. The Morgan fingerprint density at radius 1 is 0.959 bits per heavy atom. The number of ether oxygens (including phenoxy) is 2. The third-order valence-corrected chi connectivity index (χ3v) is 9.61. The molecular formula is C28H35F2N10O8P. The number of nitrogen functional groups attached to an aromatic ring is 2. The Morgan fingerprint density at radius 3 is 1.90 bits per heavy atom. The molecule has 4 aromatic heterocycles. The quantitative estimate of drug-likeness (QED) is 0.188. The molecule has 7 heterocycles. The van der Waals surface area contributed by atoms with Gasteiger partial charge in [0.25, 0.3) is 0 Å². The Balaban J connectivity index is 0.000000214. The first kappa shape index (κ1) is 37.4. The van der Waals surface area contributed by atoms with E-state index in [-0.39, 0.29) is 44.5 Å². The minimum absolute atomic E-state index is 0. The molecule has 9 atom stereocenters. The molecule has 4 aromatic rings. The van der Waals surface area contributed by atoms with Gasteiger partial charge in [0.15, 0.2) is 23.0 Å². The van der Waals surface area contributed by atoms with Crippen molar-refractivity contribution in [2.75, 3.05) is 24.7 Å². The van der Waals surface area contributed by atoms with Crippen molar-refractivity contribution in [3.8, 4) is 12.1 Å². The Hall–Kier alpha value is -4.37. The van der Waals surface area contributed by atoms with Gasteiger partial charge in [0.1, 0.15) is 60.2 Å². The second-order valence-corrected chi connectivity index (χ2v) is 12.7. The first-order valence-electron chi connectivity index (χ1n) is 13.8. The fourth-order valence-corrected chi connectivity index (χ4v) is 7.15. The van der Waals surface area contributed by atoms with Gasteiger partial charge in [-0.3, -0.25) is 9.05 Å². The number of nitriles is 2. The molecule has 7 rings (SSSR count). The van der Waals surface area contributed by atoms with Crippen LogP contribution in [0.3, 0.4) is 0 Å². The van der Waals surface area contributed by atoms with Gasteiger partial charge in [0, 0.05) is 0 Å². The largest absolute Gasteiger partial charge is 0.472 e. The normalized spacial score (nSPS) is 36.4. The van der Waals surface area contributed by atoms with Crippen LogP contribution in [0.1, 0.15) is 40.1 Å². The van der Waals surface area contributed by atoms with Crippen LogP contribution in [0, 0.1) is 22.7 Å². The number of hydrogen-bond acceptors (Lipinski definition) is 15. The third kappa shape index (κ3) is 5.20. The Morgan fingerprint density at radius 2 is 1.45 bits per heavy atom. The number of rotatable bonds is 3. The number of hydrogen-bond donors (Lipinski definition) is 5. The van der Waals surface area contributed by atoms with Crippen molar-refractivity contribution in [1.29, 1.82) is 10.5 Å². The zero-order valence-corrected chi connectivity index (χ0v) is 25.4. The van der Waals surface area contributed by atoms with Gasteiger partial charge < -0.3 is 36.0 Å². The fraction of sp³-hybridized carbons (Fsp3) is 0.500. The molecule has 3 saturated heterocycles. The summed E-state index contributed by atoms with van der Waals surface area (Å²) in [7, 11) is -4.42. The lowest BCUT2D eigenvalue weighted by molar-refractivity contribution is -0.0761. The number of alkyl halides is 2. The van der Waals surface area contributed by atoms with E-state index in [2.05, 4.69) is 24.7 Å². The monoisotopic (exact) mass is 708 g/mol. The fourth-order valence-electron chi connectivity index (χ4n) is 6.13. The van der Waals surface area contributed by atoms with E-state index in [0.29, 0.717) is 11.0 Å². The molecule has 3 fully saturated rings. The van der Waals surface area contributed by atoms with Gasteiger partial charge in [0.2, 0.25) is 11.2 Å². The van der Waals surface area contributed by atoms with E-state index in [4.69, 9.17) is 25.5 Å². The summed E-state index contributed by atoms with van der Waals surface area (Å²) in [5, 5.41) is 46.6. The van der Waals surface area contributed by atoms with Crippen LogP contribution < -0.4 is 11.5 Å². The molecule has 3 aliphatic heterocycles. The summed E-state index contributed by atoms with van der Waals surface area (Å²) in [6, 6.07) is 9.56. The van der Waals surface area contributed by atoms with Crippen molar-refractivity contribution >= 4 is 30.5 Å². The number of nitrogens with two attached hydrogens (primary N) is 2. The molecule has 0 spiro atoms. The molecule has 3 aliphatic rings. The van der Waals surface area contributed by atoms with E-state index in [1.165, 1.54) is 39.6 Å². The summed E-state index contributed by atoms with van der Waals surface area (Å²) in [5.74, 6) is 0.303. The standard InChI is InChI=1S/C13H13FN5O5P.C13H14FN5O3.2CH4/c1-12(14)10-8(4-22-25(20,21)24-10)23-13(12,5-15)9-3-2-7-11(16)17-6-18-19(7)9;1-12(14)10(21)8(4-20)22-13(12,5-15)9-3-2-7-11(16)17-6-18-19(7)9;;/h2-3,6,8,10H,4H2,1H3,(H,20,21)(H2,16,17,18);2-3,6,8,10,20-21H,4H2,1H3,(H2,16,17,18);2*1H4/t2*8-,10-,12-,13+;;/m11../s1. The van der Waals surface area contributed by atoms with Crippen LogP contribution in [0.25, 0.3) is 11.0 Å². The van der Waals surface area contributed by atoms with Gasteiger partial charge in [-0.1, -0.05) is 14.9 Å². The highest BCUT2D eigenvalue weighted by molar-refractivity contribution is 7.47. The highest BCUT2D eigenvalue weighted by Crippen LogP contribution is 2.59. The predicted molar refractivity (Wildman–Crippen MR) is 165 cm³/mol. The summed E-state index contributed by atoms with van der Waals surface area (Å²) in [5.41, 5.74) is 3.17. The number of anilines is 2. The zero-order valence-electron chi connectivity index (χ0n) is 24.5. The second kappa shape index (κ2) is 12.5. The van der Waals surface area contributed by atoms with Gasteiger partial charge in [0.05, 0.1) is 24.6 Å². The van der Waals surface area contributed by atoms with Crippen LogP contribution in [-0.2, 0) is 34.3 Å². The Bertz CT molecular complexity index is 2010. The lowest BCUT2D eigenvalue weighted by atomic mass is 9.82. The van der Waals surface area contributed by atoms with Crippen molar-refractivity contribution in [2.24, 2.45) is 0 Å². The molecular weight excluding hydrogens is 673 g/mol. The molecule has 21 heteroatoms. The molecule has 0 aliphatic carbocycles. The summed E-state index contributed by atoms with van der Waals surface area (Å²) in [4.78, 5) is 17.2. The number of nitrogens with zero attached hydrogens (tertiary/aromatic N) is 8. The van der Waals surface area contributed by atoms with Crippen LogP contribution in [0.4, 0.5) is 20.4 Å². The first-order valence-corrected chi connectivity index (χ1v) is 15.3. The van der Waals surface area contributed by atoms with E-state index in [1.807, 2.05) is 6.07 Å². The van der Waals surface area contributed by atoms with Gasteiger partial charge >= 0.3 is 7.82 Å². The van der Waals surface area contributed by atoms with E-state index < -0.39 is 61.4 Å². The highest BCUT2D eigenvalue weighted by Gasteiger charge is 2.71. The molecule has 18 nitrogen and oxygen atoms in total. The van der Waals surface area contributed by atoms with E-state index >= 15 is 8.78 Å². The maximum atomic E-state index is 15.8. The molecule has 0 radical (unpaired) electrons. The van der Waals surface area contributed by atoms with Gasteiger partial charge in [-0.25, -0.2) is 32.3 Å². The maximum absolute atomic E-state index is 15.8. The molecule has 0 amide bonds. The Labute approximate surface area is 278 Å². The topological polar surface area (TPSA) is 275 Å². The highest BCUT2D eigenvalue weighted by atomic mass is 31.2. The average molecular weight is 709 g/mol. The number of aliphatic hydroxyl groups excluding tert-OH is 2. The van der Waals surface area contributed by atoms with Crippen LogP contribution in [0.15, 0.2) is 36.9 Å². The summed E-state index contributed by atoms with van der Waals surface area (Å²) < 4.78 is 65.7. The number of phosphoric ester groups is 1. The van der Waals surface area contributed by atoms with E-state index in [9.17, 15) is 30.2 Å². The number of halogens is 2. The van der Waals surface area contributed by atoms with E-state index in [0.717, 1.165) is 20.2 Å². The van der Waals surface area contributed by atoms with Gasteiger partial charge in [-0.15, -0.1) is 0 Å². The first-order chi connectivity index (χ1) is 22.1. The molecule has 1 unspecified atom stereocenters. The molecule has 0 bridgehead atoms. The molecule has 7 N–H and O–H groups in total. The van der Waals surface area contributed by atoms with Crippen molar-refractivity contribution in [3.05, 3.63) is 48.3 Å². The van der Waals surface area contributed by atoms with Crippen molar-refractivity contribution in [3.63, 3.8) is 0 Å². The molecule has 49 heavy (non-hydrogen) atoms. The van der Waals surface area contributed by atoms with Gasteiger partial charge in [-0.2, -0.15) is 20.7 Å². The SMILES string of the molecule is C.C.C[C@@]1(F)[C@@H]2OP(=O)(O)OC[C@H]2O[C@@]1(C#N)c1ccc2c(N)ncnn12.C[C@@]1(F)[C@H](O)[C@@H](CO)O[C@@]1(C#N)c1ccc2c(N)ncnn12. The lowest BCUT2D eigenvalue weighted by Gasteiger charge is -2.33. The number of aliphatic hydroxyl groups is 2. The number of aromatic nitrogens is 6. The molecule has 0 saturated carbocycles. The maximum Gasteiger partial charge on any atom is 0.472 e. The second-order valence-electron chi connectivity index (χ2n) is 11.3. The lowest BCUT2D eigenvalue weighted by Crippen LogP contribution is -2.50. The molecule has 0 aromatic carbocycles. The third-order valence-electron chi connectivity index (χ3n) is 8.64. The summed E-state index contributed by atoms with van der Waals surface area (Å²) in [6.45, 7) is 1.13. The minimum atomic E-state index is -4.42. The smallest absolute Gasteiger partial charge is 0.394 e. The van der Waals surface area contributed by atoms with Crippen molar-refractivity contribution in [1.82, 2.24) is 29.2 Å². The minimum Gasteiger partial charge on any atom is -0.394 e. The number of fused-ring (bicyclic) bond motifs is 3. The van der Waals surface area contributed by atoms with Crippen LogP contribution in [0.2, 0.25) is 0 Å². The molecule has 264 valence electrons. The van der Waals surface area contributed by atoms with Crippen LogP contribution >= 0.6 is 7.82 Å². The van der Waals surface area contributed by atoms with Crippen molar-refractivity contribution < 1.29 is 47.0 Å². The Kier molecular flexibility index (Phi) is 9.56. The van der Waals surface area contributed by atoms with Crippen molar-refractivity contribution in [2.45, 2.75) is 75.7 Å². The van der Waals surface area contributed by atoms with Crippen LogP contribution in [0.5, 0.6) is 0 Å². The van der Waals surface area contributed by atoms with Crippen LogP contribution in [-0.4, -0.2) is 93.3 Å².